The van der Waals surface area contributed by atoms with Gasteiger partial charge in [0.15, 0.2) is 0 Å². The second-order valence-corrected chi connectivity index (χ2v) is 6.69. The van der Waals surface area contributed by atoms with Gasteiger partial charge in [-0.2, -0.15) is 0 Å². The van der Waals surface area contributed by atoms with E-state index in [-0.39, 0.29) is 25.2 Å². The molecule has 0 saturated carbocycles. The minimum Gasteiger partial charge on any atom is -0.390 e. The SMILES string of the molecule is CCOP(=O)(O)CCC[Si](O)(O)O. The molecule has 0 aromatic carbocycles. The van der Waals surface area contributed by atoms with E-state index < -0.39 is 16.4 Å². The van der Waals surface area contributed by atoms with Crippen LogP contribution in [0, 0.1) is 0 Å². The standard InChI is InChI=1S/C5H15O6PSi/c1-2-11-12(6,7)4-3-5-13(8,9)10/h8-10H,2-5H2,1H3,(H,6,7). The van der Waals surface area contributed by atoms with E-state index in [1.807, 2.05) is 0 Å². The monoisotopic (exact) mass is 230 g/mol. The Labute approximate surface area is 77.7 Å². The first-order chi connectivity index (χ1) is 5.77. The fourth-order valence-electron chi connectivity index (χ4n) is 0.782. The Morgan fingerprint density at radius 1 is 1.38 bits per heavy atom. The minimum absolute atomic E-state index is 0.0590. The van der Waals surface area contributed by atoms with Gasteiger partial charge in [-0.25, -0.2) is 0 Å². The van der Waals surface area contributed by atoms with Crippen molar-refractivity contribution < 1.29 is 28.4 Å². The van der Waals surface area contributed by atoms with E-state index in [1.54, 1.807) is 6.92 Å². The van der Waals surface area contributed by atoms with Crippen molar-refractivity contribution in [2.75, 3.05) is 12.8 Å². The van der Waals surface area contributed by atoms with Crippen LogP contribution in [0.1, 0.15) is 13.3 Å². The zero-order valence-corrected chi connectivity index (χ0v) is 9.28. The molecule has 0 heterocycles. The van der Waals surface area contributed by atoms with Crippen molar-refractivity contribution in [1.29, 1.82) is 0 Å². The molecule has 0 aliphatic carbocycles. The molecule has 0 fully saturated rings. The lowest BCUT2D eigenvalue weighted by molar-refractivity contribution is 0.226. The summed E-state index contributed by atoms with van der Waals surface area (Å²) in [6, 6.07) is -0.245. The topological polar surface area (TPSA) is 107 Å². The van der Waals surface area contributed by atoms with Gasteiger partial charge in [-0.1, -0.05) is 0 Å². The van der Waals surface area contributed by atoms with Crippen LogP contribution in [0.5, 0.6) is 0 Å². The molecule has 0 rings (SSSR count). The molecule has 4 N–H and O–H groups in total. The summed E-state index contributed by atoms with van der Waals surface area (Å²) < 4.78 is 15.5. The quantitative estimate of drug-likeness (QED) is 0.362. The summed E-state index contributed by atoms with van der Waals surface area (Å²) in [6.45, 7) is 1.72. The first-order valence-corrected chi connectivity index (χ1v) is 7.71. The maximum absolute atomic E-state index is 11.0. The van der Waals surface area contributed by atoms with Crippen molar-refractivity contribution in [2.24, 2.45) is 0 Å². The molecule has 0 radical (unpaired) electrons. The molecule has 0 amide bonds. The highest BCUT2D eigenvalue weighted by molar-refractivity contribution is 7.52. The molecule has 13 heavy (non-hydrogen) atoms. The Balaban J connectivity index is 3.70. The summed E-state index contributed by atoms with van der Waals surface area (Å²) in [5, 5.41) is 0. The van der Waals surface area contributed by atoms with E-state index in [4.69, 9.17) is 19.3 Å². The lowest BCUT2D eigenvalue weighted by Crippen LogP contribution is -2.34. The molecule has 1 unspecified atom stereocenters. The summed E-state index contributed by atoms with van der Waals surface area (Å²) in [6.07, 6.45) is -0.110. The van der Waals surface area contributed by atoms with Crippen LogP contribution in [0.25, 0.3) is 0 Å². The van der Waals surface area contributed by atoms with Crippen LogP contribution in [0.2, 0.25) is 6.04 Å². The van der Waals surface area contributed by atoms with Crippen LogP contribution in [-0.4, -0.2) is 40.9 Å². The zero-order chi connectivity index (χ0) is 10.5. The van der Waals surface area contributed by atoms with Crippen molar-refractivity contribution in [3.63, 3.8) is 0 Å². The first kappa shape index (κ1) is 13.2. The van der Waals surface area contributed by atoms with Crippen LogP contribution in [0.15, 0.2) is 0 Å². The lowest BCUT2D eigenvalue weighted by Gasteiger charge is -2.12. The average Bonchev–Trinajstić information content (AvgIpc) is 1.82. The van der Waals surface area contributed by atoms with E-state index in [0.717, 1.165) is 0 Å². The second-order valence-electron chi connectivity index (χ2n) is 2.66. The van der Waals surface area contributed by atoms with E-state index in [9.17, 15) is 4.57 Å². The number of hydrogen-bond acceptors (Lipinski definition) is 5. The Morgan fingerprint density at radius 2 is 1.92 bits per heavy atom. The van der Waals surface area contributed by atoms with Crippen molar-refractivity contribution in [3.8, 4) is 0 Å². The van der Waals surface area contributed by atoms with Gasteiger partial charge in [-0.3, -0.25) is 4.57 Å². The maximum atomic E-state index is 11.0. The molecule has 0 aliphatic rings. The number of rotatable bonds is 6. The summed E-state index contributed by atoms with van der Waals surface area (Å²) in [5.41, 5.74) is 0. The fourth-order valence-corrected chi connectivity index (χ4v) is 2.82. The van der Waals surface area contributed by atoms with Crippen LogP contribution in [0.4, 0.5) is 0 Å². The van der Waals surface area contributed by atoms with Gasteiger partial charge in [-0.15, -0.1) is 0 Å². The predicted octanol–water partition coefficient (Wildman–Crippen LogP) is -0.486. The molecular formula is C5H15O6PSi. The van der Waals surface area contributed by atoms with Crippen molar-refractivity contribution in [3.05, 3.63) is 0 Å². The summed E-state index contributed by atoms with van der Waals surface area (Å²) in [7, 11) is -7.66. The van der Waals surface area contributed by atoms with Gasteiger partial charge in [0.2, 0.25) is 0 Å². The summed E-state index contributed by atoms with van der Waals surface area (Å²) >= 11 is 0. The smallest absolute Gasteiger partial charge is 0.390 e. The van der Waals surface area contributed by atoms with Crippen LogP contribution in [0.3, 0.4) is 0 Å². The van der Waals surface area contributed by atoms with Gasteiger partial charge in [0.05, 0.1) is 6.61 Å². The fraction of sp³-hybridized carbons (Fsp3) is 1.00. The van der Waals surface area contributed by atoms with Gasteiger partial charge < -0.3 is 23.8 Å². The summed E-state index contributed by atoms with van der Waals surface area (Å²) in [4.78, 5) is 34.8. The van der Waals surface area contributed by atoms with Crippen LogP contribution >= 0.6 is 7.60 Å². The third-order valence-electron chi connectivity index (χ3n) is 1.28. The van der Waals surface area contributed by atoms with Crippen molar-refractivity contribution in [1.82, 2.24) is 0 Å². The van der Waals surface area contributed by atoms with Gasteiger partial charge in [0.25, 0.3) is 0 Å². The zero-order valence-electron chi connectivity index (χ0n) is 7.38. The number of hydrogen-bond donors (Lipinski definition) is 4. The molecule has 80 valence electrons. The van der Waals surface area contributed by atoms with E-state index in [2.05, 4.69) is 4.52 Å². The Hall–Kier alpha value is 0.247. The molecule has 8 heteroatoms. The Kier molecular flexibility index (Phi) is 5.31. The second kappa shape index (κ2) is 5.21. The Morgan fingerprint density at radius 3 is 2.31 bits per heavy atom. The molecular weight excluding hydrogens is 215 g/mol. The molecule has 0 spiro atoms. The third kappa shape index (κ3) is 8.57. The summed E-state index contributed by atoms with van der Waals surface area (Å²) in [5.74, 6) is 0. The normalized spacial score (nSPS) is 17.0. The van der Waals surface area contributed by atoms with E-state index in [0.29, 0.717) is 0 Å². The average molecular weight is 230 g/mol. The third-order valence-corrected chi connectivity index (χ3v) is 3.85. The van der Waals surface area contributed by atoms with Gasteiger partial charge in [0.1, 0.15) is 0 Å². The van der Waals surface area contributed by atoms with Crippen LogP contribution in [-0.2, 0) is 9.09 Å². The van der Waals surface area contributed by atoms with E-state index in [1.165, 1.54) is 0 Å². The largest absolute Gasteiger partial charge is 0.492 e. The maximum Gasteiger partial charge on any atom is 0.492 e. The van der Waals surface area contributed by atoms with Crippen LogP contribution < -0.4 is 0 Å². The first-order valence-electron chi connectivity index (χ1n) is 3.90. The molecule has 0 aromatic heterocycles. The highest BCUT2D eigenvalue weighted by atomic mass is 31.2. The molecule has 0 aromatic rings. The van der Waals surface area contributed by atoms with E-state index >= 15 is 0 Å². The molecule has 0 saturated heterocycles. The highest BCUT2D eigenvalue weighted by Crippen LogP contribution is 2.42. The van der Waals surface area contributed by atoms with Crippen molar-refractivity contribution in [2.45, 2.75) is 19.4 Å². The molecule has 0 bridgehead atoms. The predicted molar refractivity (Wildman–Crippen MR) is 48.2 cm³/mol. The lowest BCUT2D eigenvalue weighted by atomic mass is 10.6. The molecule has 6 nitrogen and oxygen atoms in total. The molecule has 0 aliphatic heterocycles. The molecule has 1 atom stereocenters. The van der Waals surface area contributed by atoms with Crippen molar-refractivity contribution >= 4 is 16.4 Å². The van der Waals surface area contributed by atoms with Gasteiger partial charge in [0, 0.05) is 12.2 Å². The van der Waals surface area contributed by atoms with Gasteiger partial charge >= 0.3 is 16.4 Å². The van der Waals surface area contributed by atoms with Gasteiger partial charge in [-0.05, 0) is 13.3 Å². The minimum atomic E-state index is -4.07. The Bertz CT molecular complexity index is 190. The highest BCUT2D eigenvalue weighted by Gasteiger charge is 2.28.